The fourth-order valence-corrected chi connectivity index (χ4v) is 4.63. The van der Waals surface area contributed by atoms with Crippen molar-refractivity contribution in [3.63, 3.8) is 0 Å². The van der Waals surface area contributed by atoms with Crippen LogP contribution in [0.25, 0.3) is 10.2 Å². The minimum atomic E-state index is 0.724. The van der Waals surface area contributed by atoms with Crippen LogP contribution in [0.3, 0.4) is 0 Å². The number of thiophene rings is 1. The summed E-state index contributed by atoms with van der Waals surface area (Å²) >= 11 is 1.42. The van der Waals surface area contributed by atoms with E-state index in [0.717, 1.165) is 52.0 Å². The second kappa shape index (κ2) is 7.82. The van der Waals surface area contributed by atoms with Gasteiger partial charge >= 0.3 is 0 Å². The molecule has 0 amide bonds. The van der Waals surface area contributed by atoms with E-state index in [-0.39, 0.29) is 0 Å². The van der Waals surface area contributed by atoms with Gasteiger partial charge in [-0.3, -0.25) is 9.80 Å². The molecule has 134 valence electrons. The SMILES string of the molecule is CN(C)c1ccnc2sc(C=O)cc12.N/C=N/N1CC2CCCC2C1. The molecule has 2 aromatic heterocycles. The molecule has 2 aromatic rings. The molecule has 1 aliphatic carbocycles. The van der Waals surface area contributed by atoms with Crippen molar-refractivity contribution < 1.29 is 4.79 Å². The number of fused-ring (bicyclic) bond motifs is 2. The fraction of sp³-hybridized carbons (Fsp3) is 0.500. The summed E-state index contributed by atoms with van der Waals surface area (Å²) in [5, 5.41) is 7.24. The molecule has 0 aromatic carbocycles. The Labute approximate surface area is 152 Å². The van der Waals surface area contributed by atoms with Crippen molar-refractivity contribution in [1.29, 1.82) is 0 Å². The van der Waals surface area contributed by atoms with Crippen LogP contribution >= 0.6 is 11.3 Å². The van der Waals surface area contributed by atoms with E-state index in [2.05, 4.69) is 15.1 Å². The van der Waals surface area contributed by atoms with Crippen LogP contribution in [-0.2, 0) is 0 Å². The second-order valence-electron chi connectivity index (χ2n) is 6.80. The van der Waals surface area contributed by atoms with Gasteiger partial charge in [-0.2, -0.15) is 5.10 Å². The van der Waals surface area contributed by atoms with Gasteiger partial charge in [0.15, 0.2) is 6.29 Å². The van der Waals surface area contributed by atoms with Gasteiger partial charge in [0.05, 0.1) is 4.88 Å². The van der Waals surface area contributed by atoms with Gasteiger partial charge < -0.3 is 10.6 Å². The molecule has 1 saturated heterocycles. The zero-order valence-corrected chi connectivity index (χ0v) is 15.6. The third-order valence-electron chi connectivity index (χ3n) is 4.97. The van der Waals surface area contributed by atoms with Crippen LogP contribution in [-0.4, -0.2) is 49.8 Å². The van der Waals surface area contributed by atoms with Crippen molar-refractivity contribution in [3.05, 3.63) is 23.2 Å². The molecule has 6 nitrogen and oxygen atoms in total. The van der Waals surface area contributed by atoms with Gasteiger partial charge in [0.25, 0.3) is 0 Å². The van der Waals surface area contributed by atoms with E-state index in [1.807, 2.05) is 31.1 Å². The molecular formula is C18H25N5OS. The van der Waals surface area contributed by atoms with E-state index >= 15 is 0 Å². The number of aldehydes is 1. The van der Waals surface area contributed by atoms with Crippen molar-refractivity contribution >= 4 is 39.9 Å². The van der Waals surface area contributed by atoms with E-state index in [9.17, 15) is 4.79 Å². The van der Waals surface area contributed by atoms with Crippen LogP contribution in [0.5, 0.6) is 0 Å². The molecule has 2 N–H and O–H groups in total. The maximum atomic E-state index is 10.6. The Morgan fingerprint density at radius 1 is 1.36 bits per heavy atom. The number of hydrogen-bond acceptors (Lipinski definition) is 6. The molecule has 2 unspecified atom stereocenters. The number of anilines is 1. The molecule has 1 saturated carbocycles. The van der Waals surface area contributed by atoms with Gasteiger partial charge in [-0.15, -0.1) is 11.3 Å². The Kier molecular flexibility index (Phi) is 5.53. The lowest BCUT2D eigenvalue weighted by atomic mass is 10.0. The van der Waals surface area contributed by atoms with Crippen LogP contribution in [0.4, 0.5) is 5.69 Å². The number of pyridine rings is 1. The molecule has 2 atom stereocenters. The van der Waals surface area contributed by atoms with Gasteiger partial charge in [0.2, 0.25) is 0 Å². The van der Waals surface area contributed by atoms with E-state index in [4.69, 9.17) is 5.73 Å². The maximum absolute atomic E-state index is 10.6. The van der Waals surface area contributed by atoms with Crippen LogP contribution in [0.2, 0.25) is 0 Å². The lowest BCUT2D eigenvalue weighted by Gasteiger charge is -2.12. The lowest BCUT2D eigenvalue weighted by molar-refractivity contribution is 0.112. The Balaban J connectivity index is 0.000000150. The van der Waals surface area contributed by atoms with Crippen molar-refractivity contribution in [3.8, 4) is 0 Å². The van der Waals surface area contributed by atoms with Gasteiger partial charge in [-0.25, -0.2) is 4.98 Å². The molecule has 0 bridgehead atoms. The van der Waals surface area contributed by atoms with Crippen molar-refractivity contribution in [1.82, 2.24) is 9.99 Å². The van der Waals surface area contributed by atoms with Gasteiger partial charge in [0.1, 0.15) is 11.2 Å². The first-order valence-electron chi connectivity index (χ1n) is 8.62. The summed E-state index contributed by atoms with van der Waals surface area (Å²) in [7, 11) is 3.96. The Morgan fingerprint density at radius 2 is 2.08 bits per heavy atom. The number of hydrazone groups is 1. The number of nitrogens with two attached hydrogens (primary N) is 1. The minimum Gasteiger partial charge on any atom is -0.388 e. The van der Waals surface area contributed by atoms with Gasteiger partial charge in [0, 0.05) is 44.5 Å². The summed E-state index contributed by atoms with van der Waals surface area (Å²) in [5.41, 5.74) is 6.32. The van der Waals surface area contributed by atoms with Gasteiger partial charge in [-0.05, 0) is 36.8 Å². The molecule has 1 aliphatic heterocycles. The predicted octanol–water partition coefficient (Wildman–Crippen LogP) is 2.80. The monoisotopic (exact) mass is 359 g/mol. The normalized spacial score (nSPS) is 22.1. The molecule has 0 radical (unpaired) electrons. The Bertz CT molecular complexity index is 745. The lowest BCUT2D eigenvalue weighted by Crippen LogP contribution is -2.16. The summed E-state index contributed by atoms with van der Waals surface area (Å²) < 4.78 is 0. The summed E-state index contributed by atoms with van der Waals surface area (Å²) in [6, 6.07) is 3.83. The molecule has 4 rings (SSSR count). The smallest absolute Gasteiger partial charge is 0.160 e. The third kappa shape index (κ3) is 3.92. The molecule has 2 fully saturated rings. The van der Waals surface area contributed by atoms with E-state index in [1.54, 1.807) is 6.20 Å². The minimum absolute atomic E-state index is 0.724. The molecule has 25 heavy (non-hydrogen) atoms. The highest BCUT2D eigenvalue weighted by molar-refractivity contribution is 7.20. The summed E-state index contributed by atoms with van der Waals surface area (Å²) in [6.45, 7) is 2.27. The van der Waals surface area contributed by atoms with Crippen molar-refractivity contribution in [2.24, 2.45) is 22.7 Å². The zero-order chi connectivity index (χ0) is 17.8. The third-order valence-corrected chi connectivity index (χ3v) is 5.94. The molecule has 7 heteroatoms. The van der Waals surface area contributed by atoms with Crippen LogP contribution in [0.15, 0.2) is 23.4 Å². The molecule has 0 spiro atoms. The van der Waals surface area contributed by atoms with E-state index in [0.29, 0.717) is 0 Å². The summed E-state index contributed by atoms with van der Waals surface area (Å²) in [5.74, 6) is 1.83. The highest BCUT2D eigenvalue weighted by Crippen LogP contribution is 2.37. The van der Waals surface area contributed by atoms with E-state index < -0.39 is 0 Å². The average molecular weight is 359 g/mol. The quantitative estimate of drug-likeness (QED) is 0.518. The van der Waals surface area contributed by atoms with Crippen LogP contribution in [0.1, 0.15) is 28.9 Å². The van der Waals surface area contributed by atoms with Crippen LogP contribution in [0, 0.1) is 11.8 Å². The fourth-order valence-electron chi connectivity index (χ4n) is 3.79. The van der Waals surface area contributed by atoms with E-state index in [1.165, 1.54) is 36.9 Å². The average Bonchev–Trinajstić information content (AvgIpc) is 3.28. The standard InChI is InChI=1S/C10H10N2OS.C8H15N3/c1-12(2)9-3-4-11-10-8(9)5-7(6-13)14-10;9-6-10-11-4-7-2-1-3-8(7)5-11/h3-6H,1-2H3;6-8H,1-5H2,(H2,9,10). The number of carbonyl (C=O) groups excluding carboxylic acids is 1. The molecule has 2 aliphatic rings. The first-order valence-corrected chi connectivity index (χ1v) is 9.44. The molecular weight excluding hydrogens is 334 g/mol. The number of aromatic nitrogens is 1. The topological polar surface area (TPSA) is 74.8 Å². The number of carbonyl (C=O) groups is 1. The highest BCUT2D eigenvalue weighted by Gasteiger charge is 2.35. The highest BCUT2D eigenvalue weighted by atomic mass is 32.1. The van der Waals surface area contributed by atoms with Crippen molar-refractivity contribution in [2.75, 3.05) is 32.1 Å². The van der Waals surface area contributed by atoms with Crippen molar-refractivity contribution in [2.45, 2.75) is 19.3 Å². The predicted molar refractivity (Wildman–Crippen MR) is 104 cm³/mol. The Morgan fingerprint density at radius 3 is 2.68 bits per heavy atom. The zero-order valence-electron chi connectivity index (χ0n) is 14.8. The first-order chi connectivity index (χ1) is 12.1. The number of hydrogen-bond donors (Lipinski definition) is 1. The summed E-state index contributed by atoms with van der Waals surface area (Å²) in [6.07, 6.45) is 8.27. The first kappa shape index (κ1) is 17.7. The largest absolute Gasteiger partial charge is 0.388 e. The Hall–Kier alpha value is -2.15. The van der Waals surface area contributed by atoms with Gasteiger partial charge in [-0.1, -0.05) is 6.42 Å². The van der Waals surface area contributed by atoms with Crippen LogP contribution < -0.4 is 10.6 Å². The second-order valence-corrected chi connectivity index (χ2v) is 7.86. The number of nitrogens with zero attached hydrogens (tertiary/aromatic N) is 4. The maximum Gasteiger partial charge on any atom is 0.160 e. The number of rotatable bonds is 3. The molecule has 3 heterocycles. The summed E-state index contributed by atoms with van der Waals surface area (Å²) in [4.78, 5) is 18.5.